The van der Waals surface area contributed by atoms with E-state index in [4.69, 9.17) is 11.6 Å². The Hall–Kier alpha value is -0.410. The first-order chi connectivity index (χ1) is 6.93. The zero-order valence-corrected chi connectivity index (χ0v) is 10.8. The zero-order chi connectivity index (χ0) is 11.6. The second-order valence-electron chi connectivity index (χ2n) is 3.47. The summed E-state index contributed by atoms with van der Waals surface area (Å²) in [4.78, 5) is 10.9. The molecule has 0 aliphatic rings. The largest absolute Gasteiger partial charge is 0.299 e. The fraction of sp³-hybridized carbons (Fsp3) is 0.364. The molecule has 0 N–H and O–H groups in total. The van der Waals surface area contributed by atoms with Crippen molar-refractivity contribution < 1.29 is 9.18 Å². The van der Waals surface area contributed by atoms with Crippen molar-refractivity contribution in [3.05, 3.63) is 34.6 Å². The average Bonchev–Trinajstić information content (AvgIpc) is 2.19. The van der Waals surface area contributed by atoms with E-state index in [9.17, 15) is 9.18 Å². The summed E-state index contributed by atoms with van der Waals surface area (Å²) in [6, 6.07) is 4.60. The van der Waals surface area contributed by atoms with E-state index >= 15 is 0 Å². The molecule has 1 aromatic rings. The van der Waals surface area contributed by atoms with Crippen molar-refractivity contribution in [3.8, 4) is 0 Å². The van der Waals surface area contributed by atoms with Crippen molar-refractivity contribution in [2.45, 2.75) is 24.6 Å². The Morgan fingerprint density at radius 3 is 2.60 bits per heavy atom. The summed E-state index contributed by atoms with van der Waals surface area (Å²) in [5.41, 5.74) is 0.758. The molecule has 0 aliphatic heterocycles. The summed E-state index contributed by atoms with van der Waals surface area (Å²) in [5, 5.41) is 0.0971. The van der Waals surface area contributed by atoms with Gasteiger partial charge in [0.25, 0.3) is 0 Å². The molecule has 0 bridgehead atoms. The second-order valence-corrected chi connectivity index (χ2v) is 4.87. The highest BCUT2D eigenvalue weighted by Gasteiger charge is 2.20. The number of hydrogen-bond donors (Lipinski definition) is 0. The van der Waals surface area contributed by atoms with E-state index in [1.807, 2.05) is 6.92 Å². The van der Waals surface area contributed by atoms with E-state index in [-0.39, 0.29) is 21.6 Å². The molecule has 1 rings (SSSR count). The Labute approximate surface area is 102 Å². The quantitative estimate of drug-likeness (QED) is 0.772. The lowest BCUT2D eigenvalue weighted by atomic mass is 9.96. The van der Waals surface area contributed by atoms with Gasteiger partial charge in [0.05, 0.1) is 9.85 Å². The molecule has 1 nitrogen and oxygen atoms in total. The van der Waals surface area contributed by atoms with Gasteiger partial charge < -0.3 is 0 Å². The Bertz CT molecular complexity index is 381. The normalized spacial score (nSPS) is 14.7. The van der Waals surface area contributed by atoms with Gasteiger partial charge in [-0.1, -0.05) is 40.5 Å². The van der Waals surface area contributed by atoms with E-state index in [0.717, 1.165) is 5.56 Å². The summed E-state index contributed by atoms with van der Waals surface area (Å²) < 4.78 is 13.2. The molecule has 0 spiro atoms. The topological polar surface area (TPSA) is 17.1 Å². The number of benzene rings is 1. The fourth-order valence-electron chi connectivity index (χ4n) is 1.32. The monoisotopic (exact) mass is 292 g/mol. The number of carbonyl (C=O) groups excluding carboxylic acids is 1. The minimum Gasteiger partial charge on any atom is -0.299 e. The van der Waals surface area contributed by atoms with Crippen LogP contribution < -0.4 is 0 Å². The first kappa shape index (κ1) is 12.7. The standard InChI is InChI=1S/C11H11BrClFO/c1-6(11(12)7(2)15)8-3-4-9(13)10(14)5-8/h3-6,11H,1-2H3. The number of halogens is 3. The maximum Gasteiger partial charge on any atom is 0.144 e. The molecule has 0 aliphatic carbocycles. The first-order valence-corrected chi connectivity index (χ1v) is 5.82. The van der Waals surface area contributed by atoms with Gasteiger partial charge in [-0.2, -0.15) is 0 Å². The number of Topliss-reactive ketones (excluding diaryl/α,β-unsaturated/α-hetero) is 1. The van der Waals surface area contributed by atoms with Crippen LogP contribution in [0.4, 0.5) is 4.39 Å². The van der Waals surface area contributed by atoms with Gasteiger partial charge in [0.2, 0.25) is 0 Å². The summed E-state index contributed by atoms with van der Waals surface area (Å²) in [7, 11) is 0. The molecule has 15 heavy (non-hydrogen) atoms. The lowest BCUT2D eigenvalue weighted by molar-refractivity contribution is -0.116. The van der Waals surface area contributed by atoms with Crippen LogP contribution in [0.25, 0.3) is 0 Å². The molecule has 0 saturated heterocycles. The smallest absolute Gasteiger partial charge is 0.144 e. The predicted octanol–water partition coefficient (Wildman–Crippen LogP) is 3.94. The van der Waals surface area contributed by atoms with Crippen LogP contribution >= 0.6 is 27.5 Å². The summed E-state index contributed by atoms with van der Waals surface area (Å²) in [6.45, 7) is 3.37. The molecule has 0 fully saturated rings. The Morgan fingerprint density at radius 1 is 1.53 bits per heavy atom. The molecule has 0 amide bonds. The molecule has 1 aromatic carbocycles. The predicted molar refractivity (Wildman–Crippen MR) is 63.2 cm³/mol. The molecule has 2 unspecified atom stereocenters. The number of hydrogen-bond acceptors (Lipinski definition) is 1. The van der Waals surface area contributed by atoms with E-state index in [2.05, 4.69) is 15.9 Å². The highest BCUT2D eigenvalue weighted by Crippen LogP contribution is 2.27. The van der Waals surface area contributed by atoms with Crippen LogP contribution in [-0.4, -0.2) is 10.6 Å². The minimum absolute atomic E-state index is 0.0258. The lowest BCUT2D eigenvalue weighted by Crippen LogP contribution is -2.17. The molecular formula is C11H11BrClFO. The van der Waals surface area contributed by atoms with Crippen LogP contribution in [-0.2, 0) is 4.79 Å². The van der Waals surface area contributed by atoms with Crippen LogP contribution in [0.2, 0.25) is 5.02 Å². The SMILES string of the molecule is CC(=O)C(Br)C(C)c1ccc(Cl)c(F)c1. The van der Waals surface area contributed by atoms with E-state index in [1.54, 1.807) is 6.07 Å². The van der Waals surface area contributed by atoms with Crippen molar-refractivity contribution in [2.75, 3.05) is 0 Å². The Morgan fingerprint density at radius 2 is 2.13 bits per heavy atom. The van der Waals surface area contributed by atoms with Crippen LogP contribution in [0, 0.1) is 5.82 Å². The van der Waals surface area contributed by atoms with Crippen molar-refractivity contribution in [1.82, 2.24) is 0 Å². The molecule has 4 heteroatoms. The van der Waals surface area contributed by atoms with Crippen LogP contribution in [0.1, 0.15) is 25.3 Å². The molecule has 0 aromatic heterocycles. The maximum absolute atomic E-state index is 13.2. The number of rotatable bonds is 3. The third-order valence-electron chi connectivity index (χ3n) is 2.30. The second kappa shape index (κ2) is 5.08. The minimum atomic E-state index is -0.454. The Balaban J connectivity index is 2.96. The van der Waals surface area contributed by atoms with Crippen LogP contribution in [0.5, 0.6) is 0 Å². The average molecular weight is 294 g/mol. The lowest BCUT2D eigenvalue weighted by Gasteiger charge is -2.16. The molecule has 0 saturated carbocycles. The van der Waals surface area contributed by atoms with E-state index in [1.165, 1.54) is 19.1 Å². The molecule has 0 radical (unpaired) electrons. The van der Waals surface area contributed by atoms with Crippen molar-refractivity contribution in [1.29, 1.82) is 0 Å². The van der Waals surface area contributed by atoms with Gasteiger partial charge in [-0.3, -0.25) is 4.79 Å². The fourth-order valence-corrected chi connectivity index (χ4v) is 1.74. The van der Waals surface area contributed by atoms with Crippen LogP contribution in [0.15, 0.2) is 18.2 Å². The zero-order valence-electron chi connectivity index (χ0n) is 8.43. The molecular weight excluding hydrogens is 282 g/mol. The highest BCUT2D eigenvalue weighted by molar-refractivity contribution is 9.10. The number of alkyl halides is 1. The van der Waals surface area contributed by atoms with Gasteiger partial charge in [-0.25, -0.2) is 4.39 Å². The first-order valence-electron chi connectivity index (χ1n) is 4.53. The van der Waals surface area contributed by atoms with Gasteiger partial charge in [0.1, 0.15) is 11.6 Å². The molecule has 82 valence electrons. The molecule has 0 heterocycles. The Kier molecular flexibility index (Phi) is 4.29. The molecule has 2 atom stereocenters. The van der Waals surface area contributed by atoms with Gasteiger partial charge in [0.15, 0.2) is 0 Å². The van der Waals surface area contributed by atoms with Gasteiger partial charge in [0, 0.05) is 5.92 Å². The van der Waals surface area contributed by atoms with Gasteiger partial charge in [-0.15, -0.1) is 0 Å². The maximum atomic E-state index is 13.2. The summed E-state index contributed by atoms with van der Waals surface area (Å²) in [5.74, 6) is -0.503. The number of ketones is 1. The van der Waals surface area contributed by atoms with E-state index in [0.29, 0.717) is 0 Å². The highest BCUT2D eigenvalue weighted by atomic mass is 79.9. The van der Waals surface area contributed by atoms with Crippen LogP contribution in [0.3, 0.4) is 0 Å². The van der Waals surface area contributed by atoms with Crippen molar-refractivity contribution >= 4 is 33.3 Å². The third kappa shape index (κ3) is 3.02. The van der Waals surface area contributed by atoms with Gasteiger partial charge in [-0.05, 0) is 24.6 Å². The van der Waals surface area contributed by atoms with Crippen molar-refractivity contribution in [2.24, 2.45) is 0 Å². The van der Waals surface area contributed by atoms with Crippen molar-refractivity contribution in [3.63, 3.8) is 0 Å². The van der Waals surface area contributed by atoms with E-state index < -0.39 is 5.82 Å². The summed E-state index contributed by atoms with van der Waals surface area (Å²) in [6.07, 6.45) is 0. The summed E-state index contributed by atoms with van der Waals surface area (Å²) >= 11 is 8.86. The third-order valence-corrected chi connectivity index (χ3v) is 4.04. The number of carbonyl (C=O) groups is 1. The van der Waals surface area contributed by atoms with Gasteiger partial charge >= 0.3 is 0 Å².